The van der Waals surface area contributed by atoms with Crippen molar-refractivity contribution in [3.8, 4) is 33.4 Å². The second-order valence-corrected chi connectivity index (χ2v) is 26.7. The molecule has 0 saturated heterocycles. The molecule has 10 aromatic carbocycles. The summed E-state index contributed by atoms with van der Waals surface area (Å²) in [5.41, 5.74) is 23.8. The van der Waals surface area contributed by atoms with Crippen molar-refractivity contribution in [3.05, 3.63) is 215 Å². The molecule has 0 radical (unpaired) electrons. The molecule has 6 aliphatic rings. The second kappa shape index (κ2) is 17.8. The van der Waals surface area contributed by atoms with E-state index in [4.69, 9.17) is 0 Å². The number of nitrogens with zero attached hydrogens (tertiary/aromatic N) is 2. The van der Waals surface area contributed by atoms with E-state index in [0.717, 1.165) is 0 Å². The number of anilines is 6. The van der Waals surface area contributed by atoms with Crippen molar-refractivity contribution in [1.29, 1.82) is 0 Å². The molecule has 2 fully saturated rings. The lowest BCUT2D eigenvalue weighted by Gasteiger charge is -2.35. The first-order valence-electron chi connectivity index (χ1n) is 29.0. The zero-order valence-corrected chi connectivity index (χ0v) is 46.9. The lowest BCUT2D eigenvalue weighted by molar-refractivity contribution is 0.443. The summed E-state index contributed by atoms with van der Waals surface area (Å²) < 4.78 is 0. The standard InChI is InChI=1S/C74H64N2S2/c1-73(2)61-33-29-53(75-65-35-25-51(45-15-7-5-8-16-45)41-69(65)77-67-37-27-47-19-11-13-21-55(47)71(67)75)43-59(61)57-31-23-49(39-63(57)73)50-24-32-58-60-44-54(30-34-62(60)74(3,4)64(58)40-50)76-66-36-26-52(46-17-9-6-10-18-46)42-70(66)78-68-38-28-48-20-12-14-22-56(48)72(68)76/h11-14,19-46H,5-10,15-18H2,1-4H3. The highest BCUT2D eigenvalue weighted by atomic mass is 32.2. The normalized spacial score (nSPS) is 17.7. The van der Waals surface area contributed by atoms with Gasteiger partial charge in [-0.25, -0.2) is 0 Å². The molecule has 0 N–H and O–H groups in total. The SMILES string of the molecule is CC1(C)c2ccc(N3c4ccc(C5CCCCC5)cc4Sc4ccc5ccccc5c43)cc2-c2ccc(-c3ccc4c(c3)C(C)(C)c3ccc(N5c6ccc(C7CCCCC7)cc6Sc6ccc7ccccc7c65)cc3-4)cc21. The fraction of sp³-hybridized carbons (Fsp3) is 0.243. The van der Waals surface area contributed by atoms with Gasteiger partial charge < -0.3 is 9.80 Å². The Morgan fingerprint density at radius 1 is 0.359 bits per heavy atom. The average molecular weight is 1050 g/mol. The van der Waals surface area contributed by atoms with Crippen LogP contribution in [0.2, 0.25) is 0 Å². The fourth-order valence-corrected chi connectivity index (χ4v) is 17.5. The maximum Gasteiger partial charge on any atom is 0.0679 e. The molecule has 2 heterocycles. The van der Waals surface area contributed by atoms with Crippen LogP contribution in [-0.2, 0) is 10.8 Å². The van der Waals surface area contributed by atoms with Crippen molar-refractivity contribution >= 4 is 79.2 Å². The predicted octanol–water partition coefficient (Wildman–Crippen LogP) is 22.2. The molecule has 0 aromatic heterocycles. The fourth-order valence-electron chi connectivity index (χ4n) is 15.2. The van der Waals surface area contributed by atoms with Crippen molar-refractivity contribution in [1.82, 2.24) is 0 Å². The van der Waals surface area contributed by atoms with E-state index in [1.807, 2.05) is 23.5 Å². The molecule has 2 nitrogen and oxygen atoms in total. The summed E-state index contributed by atoms with van der Waals surface area (Å²) in [5, 5.41) is 5.15. The molecule has 2 saturated carbocycles. The molecule has 2 aliphatic heterocycles. The second-order valence-electron chi connectivity index (χ2n) is 24.5. The van der Waals surface area contributed by atoms with Gasteiger partial charge in [-0.15, -0.1) is 0 Å². The zero-order chi connectivity index (χ0) is 52.0. The monoisotopic (exact) mass is 1040 g/mol. The number of hydrogen-bond acceptors (Lipinski definition) is 4. The van der Waals surface area contributed by atoms with Crippen LogP contribution in [0.4, 0.5) is 34.1 Å². The Bertz CT molecular complexity index is 3880. The van der Waals surface area contributed by atoms with E-state index in [1.165, 1.54) is 206 Å². The summed E-state index contributed by atoms with van der Waals surface area (Å²) in [6.07, 6.45) is 13.3. The number of benzene rings is 10. The Labute approximate surface area is 468 Å². The summed E-state index contributed by atoms with van der Waals surface area (Å²) in [7, 11) is 0. The Kier molecular flexibility index (Phi) is 10.7. The summed E-state index contributed by atoms with van der Waals surface area (Å²) >= 11 is 3.91. The van der Waals surface area contributed by atoms with Gasteiger partial charge in [0.1, 0.15) is 0 Å². The van der Waals surface area contributed by atoms with E-state index >= 15 is 0 Å². The van der Waals surface area contributed by atoms with Gasteiger partial charge >= 0.3 is 0 Å². The van der Waals surface area contributed by atoms with E-state index < -0.39 is 0 Å². The van der Waals surface area contributed by atoms with Gasteiger partial charge in [0.15, 0.2) is 0 Å². The molecule has 0 atom stereocenters. The van der Waals surface area contributed by atoms with E-state index in [2.05, 4.69) is 219 Å². The quantitative estimate of drug-likeness (QED) is 0.169. The lowest BCUT2D eigenvalue weighted by Crippen LogP contribution is -2.17. The molecule has 4 heteroatoms. The van der Waals surface area contributed by atoms with Crippen LogP contribution in [0.3, 0.4) is 0 Å². The third kappa shape index (κ3) is 7.17. The van der Waals surface area contributed by atoms with Gasteiger partial charge in [-0.1, -0.05) is 199 Å². The maximum atomic E-state index is 2.58. The van der Waals surface area contributed by atoms with Crippen LogP contribution in [0, 0.1) is 0 Å². The van der Waals surface area contributed by atoms with Gasteiger partial charge in [-0.3, -0.25) is 0 Å². The third-order valence-electron chi connectivity index (χ3n) is 19.4. The molecule has 0 spiro atoms. The van der Waals surface area contributed by atoms with Crippen LogP contribution in [0.5, 0.6) is 0 Å². The van der Waals surface area contributed by atoms with Gasteiger partial charge in [0, 0.05) is 52.6 Å². The van der Waals surface area contributed by atoms with E-state index in [9.17, 15) is 0 Å². The van der Waals surface area contributed by atoms with Crippen LogP contribution in [0.25, 0.3) is 54.9 Å². The van der Waals surface area contributed by atoms with Gasteiger partial charge in [0.2, 0.25) is 0 Å². The van der Waals surface area contributed by atoms with Crippen LogP contribution >= 0.6 is 23.5 Å². The average Bonchev–Trinajstić information content (AvgIpc) is 4.03. The maximum absolute atomic E-state index is 2.58. The third-order valence-corrected chi connectivity index (χ3v) is 21.6. The Morgan fingerprint density at radius 3 is 1.24 bits per heavy atom. The zero-order valence-electron chi connectivity index (χ0n) is 45.3. The van der Waals surface area contributed by atoms with Gasteiger partial charge in [-0.05, 0) is 188 Å². The minimum absolute atomic E-state index is 0.163. The largest absolute Gasteiger partial charge is 0.308 e. The van der Waals surface area contributed by atoms with Gasteiger partial charge in [0.25, 0.3) is 0 Å². The Morgan fingerprint density at radius 2 is 0.795 bits per heavy atom. The molecule has 4 aliphatic carbocycles. The van der Waals surface area contributed by atoms with Crippen LogP contribution < -0.4 is 9.80 Å². The molecular formula is C74H64N2S2. The number of fused-ring (bicyclic) bond motifs is 14. The van der Waals surface area contributed by atoms with Crippen LogP contribution in [0.1, 0.15) is 137 Å². The molecule has 78 heavy (non-hydrogen) atoms. The van der Waals surface area contributed by atoms with E-state index in [-0.39, 0.29) is 10.8 Å². The Balaban J connectivity index is 0.765. The summed E-state index contributed by atoms with van der Waals surface area (Å²) in [6, 6.07) is 71.4. The highest BCUT2D eigenvalue weighted by Crippen LogP contribution is 2.60. The minimum Gasteiger partial charge on any atom is -0.308 e. The first-order valence-corrected chi connectivity index (χ1v) is 30.7. The van der Waals surface area contributed by atoms with E-state index in [0.29, 0.717) is 11.8 Å². The molecule has 382 valence electrons. The first-order chi connectivity index (χ1) is 38.2. The van der Waals surface area contributed by atoms with Crippen molar-refractivity contribution in [2.45, 2.75) is 134 Å². The highest BCUT2D eigenvalue weighted by Gasteiger charge is 2.40. The van der Waals surface area contributed by atoms with Crippen LogP contribution in [0.15, 0.2) is 202 Å². The molecule has 16 rings (SSSR count). The van der Waals surface area contributed by atoms with Crippen molar-refractivity contribution < 1.29 is 0 Å². The summed E-state index contributed by atoms with van der Waals surface area (Å²) in [6.45, 7) is 9.72. The van der Waals surface area contributed by atoms with Crippen molar-refractivity contribution in [2.75, 3.05) is 9.80 Å². The minimum atomic E-state index is -0.163. The molecule has 0 unspecified atom stereocenters. The number of hydrogen-bond donors (Lipinski definition) is 0. The van der Waals surface area contributed by atoms with Crippen LogP contribution in [-0.4, -0.2) is 0 Å². The first kappa shape index (κ1) is 47.1. The molecular weight excluding hydrogens is 981 g/mol. The highest BCUT2D eigenvalue weighted by molar-refractivity contribution is 8.00. The topological polar surface area (TPSA) is 6.48 Å². The number of rotatable bonds is 5. The Hall–Kier alpha value is -6.98. The smallest absolute Gasteiger partial charge is 0.0679 e. The lowest BCUT2D eigenvalue weighted by atomic mass is 9.80. The molecule has 10 aromatic rings. The van der Waals surface area contributed by atoms with Gasteiger partial charge in [0.05, 0.1) is 22.7 Å². The summed E-state index contributed by atoms with van der Waals surface area (Å²) in [4.78, 5) is 10.5. The summed E-state index contributed by atoms with van der Waals surface area (Å²) in [5.74, 6) is 1.33. The molecule has 0 amide bonds. The van der Waals surface area contributed by atoms with E-state index in [1.54, 1.807) is 0 Å². The van der Waals surface area contributed by atoms with Crippen molar-refractivity contribution in [2.24, 2.45) is 0 Å². The predicted molar refractivity (Wildman–Crippen MR) is 331 cm³/mol. The molecule has 0 bridgehead atoms. The van der Waals surface area contributed by atoms with Crippen molar-refractivity contribution in [3.63, 3.8) is 0 Å². The van der Waals surface area contributed by atoms with Gasteiger partial charge in [-0.2, -0.15) is 0 Å².